The van der Waals surface area contributed by atoms with Crippen LogP contribution in [0.3, 0.4) is 0 Å². The highest BCUT2D eigenvalue weighted by Gasteiger charge is 2.30. The molecule has 2 unspecified atom stereocenters. The summed E-state index contributed by atoms with van der Waals surface area (Å²) in [6.45, 7) is 0.738. The fourth-order valence-electron chi connectivity index (χ4n) is 2.76. The van der Waals surface area contributed by atoms with Gasteiger partial charge in [-0.2, -0.15) is 11.8 Å². The summed E-state index contributed by atoms with van der Waals surface area (Å²) in [5.74, 6) is 1.95. The molecule has 1 aliphatic heterocycles. The Labute approximate surface area is 117 Å². The maximum Gasteiger partial charge on any atom is 0.315 e. The lowest BCUT2D eigenvalue weighted by Gasteiger charge is -2.22. The molecule has 5 nitrogen and oxygen atoms in total. The van der Waals surface area contributed by atoms with Crippen LogP contribution in [-0.4, -0.2) is 41.2 Å². The standard InChI is InChI=1S/C13H22N2O3S/c16-12(17)10-1-2-11(7-10)15-13(18)14-8-9-3-5-19-6-4-9/h9-11H,1-8H2,(H,16,17)(H2,14,15,18). The predicted octanol–water partition coefficient (Wildman–Crippen LogP) is 1.68. The molecule has 2 fully saturated rings. The number of urea groups is 1. The minimum atomic E-state index is -0.746. The summed E-state index contributed by atoms with van der Waals surface area (Å²) in [5.41, 5.74) is 0. The largest absolute Gasteiger partial charge is 0.481 e. The van der Waals surface area contributed by atoms with Gasteiger partial charge in [-0.05, 0) is 49.5 Å². The number of nitrogens with one attached hydrogen (secondary N) is 2. The molecule has 0 radical (unpaired) electrons. The number of carboxylic acid groups (broad SMARTS) is 1. The average Bonchev–Trinajstić information content (AvgIpc) is 2.86. The van der Waals surface area contributed by atoms with Gasteiger partial charge in [0.05, 0.1) is 5.92 Å². The van der Waals surface area contributed by atoms with Gasteiger partial charge in [-0.3, -0.25) is 4.79 Å². The van der Waals surface area contributed by atoms with Crippen LogP contribution in [0.5, 0.6) is 0 Å². The lowest BCUT2D eigenvalue weighted by molar-refractivity contribution is -0.141. The molecule has 2 rings (SSSR count). The molecule has 1 saturated carbocycles. The maximum absolute atomic E-state index is 11.7. The summed E-state index contributed by atoms with van der Waals surface area (Å²) in [7, 11) is 0. The number of thioether (sulfide) groups is 1. The molecule has 3 N–H and O–H groups in total. The highest BCUT2D eigenvalue weighted by atomic mass is 32.2. The maximum atomic E-state index is 11.7. The lowest BCUT2D eigenvalue weighted by Crippen LogP contribution is -2.43. The van der Waals surface area contributed by atoms with Gasteiger partial charge in [0.2, 0.25) is 0 Å². The van der Waals surface area contributed by atoms with Gasteiger partial charge in [0.1, 0.15) is 0 Å². The van der Waals surface area contributed by atoms with E-state index in [-0.39, 0.29) is 18.0 Å². The van der Waals surface area contributed by atoms with Crippen LogP contribution in [0.15, 0.2) is 0 Å². The van der Waals surface area contributed by atoms with Crippen molar-refractivity contribution in [3.63, 3.8) is 0 Å². The van der Waals surface area contributed by atoms with E-state index >= 15 is 0 Å². The van der Waals surface area contributed by atoms with Crippen molar-refractivity contribution in [2.75, 3.05) is 18.1 Å². The molecule has 2 amide bonds. The summed E-state index contributed by atoms with van der Waals surface area (Å²) in [5, 5.41) is 14.7. The zero-order valence-corrected chi connectivity index (χ0v) is 11.9. The van der Waals surface area contributed by atoms with Crippen molar-refractivity contribution in [1.29, 1.82) is 0 Å². The quantitative estimate of drug-likeness (QED) is 0.735. The Morgan fingerprint density at radius 1 is 1.16 bits per heavy atom. The van der Waals surface area contributed by atoms with Gasteiger partial charge in [0.25, 0.3) is 0 Å². The van der Waals surface area contributed by atoms with Gasteiger partial charge in [0, 0.05) is 12.6 Å². The third kappa shape index (κ3) is 4.60. The first-order valence-electron chi connectivity index (χ1n) is 7.00. The molecule has 2 atom stereocenters. The number of hydrogen-bond donors (Lipinski definition) is 3. The Hall–Kier alpha value is -0.910. The molecule has 0 bridgehead atoms. The van der Waals surface area contributed by atoms with Crippen molar-refractivity contribution in [3.05, 3.63) is 0 Å². The third-order valence-electron chi connectivity index (χ3n) is 4.01. The van der Waals surface area contributed by atoms with Crippen LogP contribution in [0.4, 0.5) is 4.79 Å². The summed E-state index contributed by atoms with van der Waals surface area (Å²) in [6, 6.07) is -0.128. The average molecular weight is 286 g/mol. The van der Waals surface area contributed by atoms with Gasteiger partial charge in [-0.1, -0.05) is 0 Å². The molecule has 19 heavy (non-hydrogen) atoms. The van der Waals surface area contributed by atoms with Crippen molar-refractivity contribution in [3.8, 4) is 0 Å². The first-order chi connectivity index (χ1) is 9.15. The number of hydrogen-bond acceptors (Lipinski definition) is 3. The first-order valence-corrected chi connectivity index (χ1v) is 8.15. The van der Waals surface area contributed by atoms with E-state index in [9.17, 15) is 9.59 Å². The Morgan fingerprint density at radius 3 is 2.53 bits per heavy atom. The van der Waals surface area contributed by atoms with E-state index in [4.69, 9.17) is 5.11 Å². The predicted molar refractivity (Wildman–Crippen MR) is 75.3 cm³/mol. The Bertz CT molecular complexity index is 332. The van der Waals surface area contributed by atoms with Crippen LogP contribution in [0.1, 0.15) is 32.1 Å². The summed E-state index contributed by atoms with van der Waals surface area (Å²) in [4.78, 5) is 22.6. The van der Waals surface area contributed by atoms with Crippen molar-refractivity contribution >= 4 is 23.8 Å². The molecule has 0 aromatic carbocycles. The normalized spacial score (nSPS) is 28.0. The van der Waals surface area contributed by atoms with Crippen molar-refractivity contribution in [1.82, 2.24) is 10.6 Å². The Kier molecular flexibility index (Phi) is 5.36. The van der Waals surface area contributed by atoms with E-state index in [0.29, 0.717) is 18.8 Å². The Morgan fingerprint density at radius 2 is 1.89 bits per heavy atom. The van der Waals surface area contributed by atoms with Gasteiger partial charge in [-0.15, -0.1) is 0 Å². The van der Waals surface area contributed by atoms with E-state index < -0.39 is 5.97 Å². The van der Waals surface area contributed by atoms with E-state index in [1.165, 1.54) is 24.3 Å². The minimum Gasteiger partial charge on any atom is -0.481 e. The van der Waals surface area contributed by atoms with Crippen LogP contribution < -0.4 is 10.6 Å². The molecule has 6 heteroatoms. The van der Waals surface area contributed by atoms with Crippen LogP contribution in [0, 0.1) is 11.8 Å². The fourth-order valence-corrected chi connectivity index (χ4v) is 3.97. The van der Waals surface area contributed by atoms with Crippen molar-refractivity contribution in [2.24, 2.45) is 11.8 Å². The zero-order valence-electron chi connectivity index (χ0n) is 11.1. The molecular formula is C13H22N2O3S. The molecule has 0 aromatic heterocycles. The number of amides is 2. The van der Waals surface area contributed by atoms with Gasteiger partial charge < -0.3 is 15.7 Å². The van der Waals surface area contributed by atoms with Crippen molar-refractivity contribution in [2.45, 2.75) is 38.1 Å². The second-order valence-electron chi connectivity index (χ2n) is 5.46. The SMILES string of the molecule is O=C(NCC1CCSCC1)NC1CCC(C(=O)O)C1. The highest BCUT2D eigenvalue weighted by Crippen LogP contribution is 2.25. The van der Waals surface area contributed by atoms with E-state index in [1.54, 1.807) is 0 Å². The monoisotopic (exact) mass is 286 g/mol. The van der Waals surface area contributed by atoms with Crippen molar-refractivity contribution < 1.29 is 14.7 Å². The lowest BCUT2D eigenvalue weighted by atomic mass is 10.0. The molecule has 0 aromatic rings. The van der Waals surface area contributed by atoms with Gasteiger partial charge >= 0.3 is 12.0 Å². The fraction of sp³-hybridized carbons (Fsp3) is 0.846. The first kappa shape index (κ1) is 14.5. The summed E-state index contributed by atoms with van der Waals surface area (Å²) in [6.07, 6.45) is 4.35. The number of carbonyl (C=O) groups excluding carboxylic acids is 1. The molecule has 2 aliphatic rings. The van der Waals surface area contributed by atoms with Gasteiger partial charge in [-0.25, -0.2) is 4.79 Å². The van der Waals surface area contributed by atoms with E-state index in [1.807, 2.05) is 11.8 Å². The molecule has 0 spiro atoms. The third-order valence-corrected chi connectivity index (χ3v) is 5.06. The molecule has 108 valence electrons. The molecular weight excluding hydrogens is 264 g/mol. The molecule has 1 heterocycles. The second-order valence-corrected chi connectivity index (χ2v) is 6.68. The van der Waals surface area contributed by atoms with Crippen LogP contribution in [0.25, 0.3) is 0 Å². The van der Waals surface area contributed by atoms with E-state index in [0.717, 1.165) is 13.0 Å². The molecule has 1 saturated heterocycles. The van der Waals surface area contributed by atoms with Crippen LogP contribution >= 0.6 is 11.8 Å². The number of carbonyl (C=O) groups is 2. The zero-order chi connectivity index (χ0) is 13.7. The Balaban J connectivity index is 1.63. The number of carboxylic acids is 1. The molecule has 1 aliphatic carbocycles. The number of aliphatic carboxylic acids is 1. The van der Waals surface area contributed by atoms with E-state index in [2.05, 4.69) is 10.6 Å². The highest BCUT2D eigenvalue weighted by molar-refractivity contribution is 7.99. The second kappa shape index (κ2) is 7.03. The smallest absolute Gasteiger partial charge is 0.315 e. The van der Waals surface area contributed by atoms with Crippen LogP contribution in [0.2, 0.25) is 0 Å². The number of rotatable bonds is 4. The topological polar surface area (TPSA) is 78.4 Å². The summed E-state index contributed by atoms with van der Waals surface area (Å²) >= 11 is 1.98. The minimum absolute atomic E-state index is 0.0167. The van der Waals surface area contributed by atoms with Crippen LogP contribution in [-0.2, 0) is 4.79 Å². The summed E-state index contributed by atoms with van der Waals surface area (Å²) < 4.78 is 0. The van der Waals surface area contributed by atoms with Gasteiger partial charge in [0.15, 0.2) is 0 Å².